The molecule has 178 valence electrons. The molecule has 3 aromatic rings. The van der Waals surface area contributed by atoms with Gasteiger partial charge in [0.25, 0.3) is 11.6 Å². The summed E-state index contributed by atoms with van der Waals surface area (Å²) in [5, 5.41) is 13.7. The third-order valence-corrected chi connectivity index (χ3v) is 6.03. The standard InChI is InChI=1S/C23H23N3O7S/c1-32-21-13-19(23(27)24-17-10-7-11-18(12-17)26(28)29)20(14-22(21)33-2)25(34(3,30)31)15-16-8-5-4-6-9-16/h4-14H,15H2,1-3H3,(H,24,27). The molecule has 0 spiro atoms. The molecule has 0 aliphatic heterocycles. The number of hydrogen-bond donors (Lipinski definition) is 1. The number of hydrogen-bond acceptors (Lipinski definition) is 7. The van der Waals surface area contributed by atoms with Gasteiger partial charge in [0.05, 0.1) is 43.2 Å². The highest BCUT2D eigenvalue weighted by molar-refractivity contribution is 7.92. The maximum atomic E-state index is 13.3. The van der Waals surface area contributed by atoms with Crippen molar-refractivity contribution in [2.75, 3.05) is 30.1 Å². The van der Waals surface area contributed by atoms with Crippen LogP contribution >= 0.6 is 0 Å². The summed E-state index contributed by atoms with van der Waals surface area (Å²) in [6.07, 6.45) is 1.04. The number of methoxy groups -OCH3 is 2. The Morgan fingerprint density at radius 2 is 1.65 bits per heavy atom. The minimum Gasteiger partial charge on any atom is -0.493 e. The van der Waals surface area contributed by atoms with Gasteiger partial charge in [0, 0.05) is 23.9 Å². The Hall–Kier alpha value is -4.12. The van der Waals surface area contributed by atoms with Crippen LogP contribution in [-0.2, 0) is 16.6 Å². The van der Waals surface area contributed by atoms with E-state index < -0.39 is 20.9 Å². The summed E-state index contributed by atoms with van der Waals surface area (Å²) in [5.74, 6) is -0.243. The number of benzene rings is 3. The molecule has 0 aliphatic rings. The van der Waals surface area contributed by atoms with Gasteiger partial charge in [-0.1, -0.05) is 36.4 Å². The molecule has 0 radical (unpaired) electrons. The van der Waals surface area contributed by atoms with Gasteiger partial charge in [0.2, 0.25) is 10.0 Å². The van der Waals surface area contributed by atoms with Gasteiger partial charge in [-0.3, -0.25) is 19.2 Å². The van der Waals surface area contributed by atoms with E-state index in [1.807, 2.05) is 6.07 Å². The number of sulfonamides is 1. The SMILES string of the molecule is COc1cc(C(=O)Nc2cccc([N+](=O)[O-])c2)c(N(Cc2ccccc2)S(C)(=O)=O)cc1OC. The van der Waals surface area contributed by atoms with Crippen LogP contribution in [0.25, 0.3) is 0 Å². The summed E-state index contributed by atoms with van der Waals surface area (Å²) in [4.78, 5) is 23.8. The molecule has 10 nitrogen and oxygen atoms in total. The molecule has 0 fully saturated rings. The first-order chi connectivity index (χ1) is 16.1. The average Bonchev–Trinajstić information content (AvgIpc) is 2.81. The third kappa shape index (κ3) is 5.62. The highest BCUT2D eigenvalue weighted by Gasteiger charge is 2.27. The number of nitrogens with one attached hydrogen (secondary N) is 1. The number of anilines is 2. The molecule has 3 rings (SSSR count). The van der Waals surface area contributed by atoms with Crippen LogP contribution in [-0.4, -0.2) is 39.7 Å². The van der Waals surface area contributed by atoms with E-state index in [2.05, 4.69) is 5.32 Å². The lowest BCUT2D eigenvalue weighted by Gasteiger charge is -2.26. The van der Waals surface area contributed by atoms with Gasteiger partial charge in [-0.05, 0) is 17.7 Å². The fraction of sp³-hybridized carbons (Fsp3) is 0.174. The van der Waals surface area contributed by atoms with Crippen LogP contribution in [0, 0.1) is 10.1 Å². The number of non-ortho nitro benzene ring substituents is 1. The van der Waals surface area contributed by atoms with Crippen molar-refractivity contribution >= 4 is 33.0 Å². The smallest absolute Gasteiger partial charge is 0.271 e. The highest BCUT2D eigenvalue weighted by atomic mass is 32.2. The summed E-state index contributed by atoms with van der Waals surface area (Å²) >= 11 is 0. The Bertz CT molecular complexity index is 1310. The van der Waals surface area contributed by atoms with Crippen LogP contribution in [0.1, 0.15) is 15.9 Å². The zero-order valence-electron chi connectivity index (χ0n) is 18.7. The predicted molar refractivity (Wildman–Crippen MR) is 128 cm³/mol. The lowest BCUT2D eigenvalue weighted by Crippen LogP contribution is -2.31. The van der Waals surface area contributed by atoms with Gasteiger partial charge in [-0.25, -0.2) is 8.42 Å². The van der Waals surface area contributed by atoms with E-state index >= 15 is 0 Å². The first-order valence-electron chi connectivity index (χ1n) is 9.97. The molecule has 0 saturated heterocycles. The van der Waals surface area contributed by atoms with E-state index in [0.717, 1.165) is 10.6 Å². The highest BCUT2D eigenvalue weighted by Crippen LogP contribution is 2.37. The van der Waals surface area contributed by atoms with Crippen LogP contribution in [0.5, 0.6) is 11.5 Å². The second-order valence-electron chi connectivity index (χ2n) is 7.24. The topological polar surface area (TPSA) is 128 Å². The second-order valence-corrected chi connectivity index (χ2v) is 9.15. The third-order valence-electron chi connectivity index (χ3n) is 4.90. The van der Waals surface area contributed by atoms with Crippen LogP contribution in [0.2, 0.25) is 0 Å². The summed E-state index contributed by atoms with van der Waals surface area (Å²) in [6.45, 7) is -0.0355. The molecule has 11 heteroatoms. The first kappa shape index (κ1) is 24.5. The molecule has 0 heterocycles. The van der Waals surface area contributed by atoms with Gasteiger partial charge in [-0.2, -0.15) is 0 Å². The number of ether oxygens (including phenoxy) is 2. The van der Waals surface area contributed by atoms with E-state index in [4.69, 9.17) is 9.47 Å². The minimum atomic E-state index is -3.84. The van der Waals surface area contributed by atoms with Crippen LogP contribution in [0.3, 0.4) is 0 Å². The summed E-state index contributed by atoms with van der Waals surface area (Å²) in [7, 11) is -1.06. The Morgan fingerprint density at radius 3 is 2.24 bits per heavy atom. The molecule has 0 unspecified atom stereocenters. The van der Waals surface area contributed by atoms with E-state index in [-0.39, 0.29) is 40.7 Å². The first-order valence-corrected chi connectivity index (χ1v) is 11.8. The van der Waals surface area contributed by atoms with Crippen molar-refractivity contribution in [2.24, 2.45) is 0 Å². The van der Waals surface area contributed by atoms with Crippen molar-refractivity contribution in [3.63, 3.8) is 0 Å². The van der Waals surface area contributed by atoms with Gasteiger partial charge in [0.15, 0.2) is 11.5 Å². The second kappa shape index (κ2) is 10.2. The molecule has 34 heavy (non-hydrogen) atoms. The van der Waals surface area contributed by atoms with Crippen molar-refractivity contribution in [2.45, 2.75) is 6.54 Å². The Morgan fingerprint density at radius 1 is 1.00 bits per heavy atom. The van der Waals surface area contributed by atoms with Crippen molar-refractivity contribution in [3.05, 3.63) is 88.0 Å². The molecule has 0 atom stereocenters. The number of carbonyl (C=O) groups excluding carboxylic acids is 1. The summed E-state index contributed by atoms with van der Waals surface area (Å²) < 4.78 is 37.3. The number of rotatable bonds is 9. The van der Waals surface area contributed by atoms with Crippen molar-refractivity contribution in [3.8, 4) is 11.5 Å². The van der Waals surface area contributed by atoms with Crippen LogP contribution < -0.4 is 19.1 Å². The fourth-order valence-corrected chi connectivity index (χ4v) is 4.17. The zero-order valence-corrected chi connectivity index (χ0v) is 19.5. The molecule has 0 aliphatic carbocycles. The molecule has 3 aromatic carbocycles. The van der Waals surface area contributed by atoms with Gasteiger partial charge >= 0.3 is 0 Å². The predicted octanol–water partition coefficient (Wildman–Crippen LogP) is 3.83. The number of carbonyl (C=O) groups is 1. The number of nitrogens with zero attached hydrogens (tertiary/aromatic N) is 2. The minimum absolute atomic E-state index is 0.0227. The lowest BCUT2D eigenvalue weighted by atomic mass is 10.1. The Balaban J connectivity index is 2.12. The Kier molecular flexibility index (Phi) is 7.37. The van der Waals surface area contributed by atoms with Gasteiger partial charge in [-0.15, -0.1) is 0 Å². The van der Waals surface area contributed by atoms with Crippen LogP contribution in [0.4, 0.5) is 17.1 Å². The maximum absolute atomic E-state index is 13.3. The molecular formula is C23H23N3O7S. The van der Waals surface area contributed by atoms with Crippen molar-refractivity contribution < 1.29 is 27.6 Å². The molecule has 1 N–H and O–H groups in total. The summed E-state index contributed by atoms with van der Waals surface area (Å²) in [6, 6.07) is 17.1. The van der Waals surface area contributed by atoms with Crippen molar-refractivity contribution in [1.82, 2.24) is 0 Å². The Labute approximate surface area is 196 Å². The number of nitro benzene ring substituents is 1. The zero-order chi connectivity index (χ0) is 24.9. The average molecular weight is 486 g/mol. The van der Waals surface area contributed by atoms with E-state index in [1.54, 1.807) is 24.3 Å². The van der Waals surface area contributed by atoms with E-state index in [0.29, 0.717) is 5.56 Å². The van der Waals surface area contributed by atoms with Gasteiger partial charge < -0.3 is 14.8 Å². The molecular weight excluding hydrogens is 462 g/mol. The maximum Gasteiger partial charge on any atom is 0.271 e. The van der Waals surface area contributed by atoms with Crippen molar-refractivity contribution in [1.29, 1.82) is 0 Å². The molecule has 0 saturated carbocycles. The van der Waals surface area contributed by atoms with E-state index in [9.17, 15) is 23.3 Å². The summed E-state index contributed by atoms with van der Waals surface area (Å²) in [5.41, 5.74) is 0.714. The fourth-order valence-electron chi connectivity index (χ4n) is 3.28. The van der Waals surface area contributed by atoms with E-state index in [1.165, 1.54) is 50.6 Å². The quantitative estimate of drug-likeness (QED) is 0.360. The largest absolute Gasteiger partial charge is 0.493 e. The normalized spacial score (nSPS) is 10.9. The lowest BCUT2D eigenvalue weighted by molar-refractivity contribution is -0.384. The molecule has 0 aromatic heterocycles. The van der Waals surface area contributed by atoms with Gasteiger partial charge in [0.1, 0.15) is 0 Å². The monoisotopic (exact) mass is 485 g/mol. The molecule has 1 amide bonds. The number of amides is 1. The van der Waals surface area contributed by atoms with Crippen LogP contribution in [0.15, 0.2) is 66.7 Å². The molecule has 0 bridgehead atoms. The number of nitro groups is 1.